The van der Waals surface area contributed by atoms with Crippen LogP contribution in [0.1, 0.15) is 0 Å². The lowest BCUT2D eigenvalue weighted by Gasteiger charge is -1.73. The fourth-order valence-corrected chi connectivity index (χ4v) is 0. The van der Waals surface area contributed by atoms with Gasteiger partial charge in [-0.3, -0.25) is 4.55 Å². The molecule has 0 amide bonds. The molecule has 0 aliphatic carbocycles. The SMILES string of the molecule is C=CS(=O)(=O)O.[AlH3]. The highest BCUT2D eigenvalue weighted by molar-refractivity contribution is 7.88. The maximum atomic E-state index is 9.44. The van der Waals surface area contributed by atoms with E-state index in [1.807, 2.05) is 0 Å². The molecule has 0 fully saturated rings. The monoisotopic (exact) mass is 138 g/mol. The fraction of sp³-hybridized carbons (Fsp3) is 0. The number of hydrogen-bond donors (Lipinski definition) is 1. The Kier molecular flexibility index (Phi) is 4.70. The van der Waals surface area contributed by atoms with Crippen LogP contribution in [0.25, 0.3) is 0 Å². The van der Waals surface area contributed by atoms with Crippen LogP contribution in [0.5, 0.6) is 0 Å². The Bertz CT molecular complexity index is 123. The van der Waals surface area contributed by atoms with Crippen LogP contribution in [0.4, 0.5) is 0 Å². The predicted molar refractivity (Wildman–Crippen MR) is 31.7 cm³/mol. The van der Waals surface area contributed by atoms with Crippen molar-refractivity contribution in [1.29, 1.82) is 0 Å². The molecule has 0 aromatic carbocycles. The number of hydrogen-bond acceptors (Lipinski definition) is 2. The van der Waals surface area contributed by atoms with E-state index in [0.717, 1.165) is 0 Å². The van der Waals surface area contributed by atoms with Crippen LogP contribution in [0.2, 0.25) is 0 Å². The highest BCUT2D eigenvalue weighted by Crippen LogP contribution is 1.75. The molecule has 5 heteroatoms. The standard InChI is InChI=1S/C2H4O3S.Al.3H/c1-2-6(3,4)5;;;;/h2H,1H2,(H,3,4,5);;;;. The maximum absolute atomic E-state index is 9.44. The van der Waals surface area contributed by atoms with Crippen molar-refractivity contribution >= 4 is 27.5 Å². The highest BCUT2D eigenvalue weighted by Gasteiger charge is 1.87. The summed E-state index contributed by atoms with van der Waals surface area (Å²) in [6, 6.07) is 0. The van der Waals surface area contributed by atoms with Crippen LogP contribution < -0.4 is 0 Å². The van der Waals surface area contributed by atoms with E-state index in [1.165, 1.54) is 0 Å². The van der Waals surface area contributed by atoms with Crippen molar-refractivity contribution in [2.75, 3.05) is 0 Å². The molecular formula is C2H7AlO3S. The Morgan fingerprint density at radius 3 is 1.71 bits per heavy atom. The van der Waals surface area contributed by atoms with Gasteiger partial charge in [0, 0.05) is 0 Å². The summed E-state index contributed by atoms with van der Waals surface area (Å²) in [7, 11) is -3.90. The topological polar surface area (TPSA) is 54.4 Å². The zero-order chi connectivity index (χ0) is 5.21. The van der Waals surface area contributed by atoms with Gasteiger partial charge in [-0.25, -0.2) is 0 Å². The van der Waals surface area contributed by atoms with Crippen molar-refractivity contribution in [3.8, 4) is 0 Å². The van der Waals surface area contributed by atoms with E-state index in [0.29, 0.717) is 5.41 Å². The minimum absolute atomic E-state index is 0. The van der Waals surface area contributed by atoms with Crippen LogP contribution in [0.3, 0.4) is 0 Å². The first kappa shape index (κ1) is 10.2. The van der Waals surface area contributed by atoms with Gasteiger partial charge in [-0.05, 0) is 0 Å². The molecule has 7 heavy (non-hydrogen) atoms. The van der Waals surface area contributed by atoms with Crippen LogP contribution >= 0.6 is 0 Å². The van der Waals surface area contributed by atoms with Crippen molar-refractivity contribution in [1.82, 2.24) is 0 Å². The summed E-state index contributed by atoms with van der Waals surface area (Å²) < 4.78 is 26.6. The van der Waals surface area contributed by atoms with Crippen molar-refractivity contribution in [2.24, 2.45) is 0 Å². The van der Waals surface area contributed by atoms with Crippen LogP contribution in [0, 0.1) is 0 Å². The second kappa shape index (κ2) is 3.22. The molecule has 0 atom stereocenters. The summed E-state index contributed by atoms with van der Waals surface area (Å²) in [6.07, 6.45) is 0. The number of rotatable bonds is 1. The van der Waals surface area contributed by atoms with Gasteiger partial charge in [0.15, 0.2) is 17.4 Å². The van der Waals surface area contributed by atoms with Gasteiger partial charge in [-0.2, -0.15) is 8.42 Å². The Balaban J connectivity index is 0. The first-order valence-corrected chi connectivity index (χ1v) is 2.66. The van der Waals surface area contributed by atoms with Gasteiger partial charge in [-0.1, -0.05) is 6.58 Å². The Morgan fingerprint density at radius 2 is 1.71 bits per heavy atom. The molecule has 0 aliphatic heterocycles. The predicted octanol–water partition coefficient (Wildman–Crippen LogP) is -1.17. The van der Waals surface area contributed by atoms with Gasteiger partial charge < -0.3 is 0 Å². The van der Waals surface area contributed by atoms with Gasteiger partial charge in [-0.15, -0.1) is 0 Å². The average Bonchev–Trinajstić information content (AvgIpc) is 1.35. The molecule has 0 spiro atoms. The van der Waals surface area contributed by atoms with E-state index in [1.54, 1.807) is 0 Å². The molecule has 1 N–H and O–H groups in total. The minimum Gasteiger partial charge on any atom is -0.282 e. The largest absolute Gasteiger partial charge is 0.287 e. The third-order valence-electron chi connectivity index (χ3n) is 0.211. The highest BCUT2D eigenvalue weighted by atomic mass is 32.2. The van der Waals surface area contributed by atoms with Gasteiger partial charge in [0.05, 0.1) is 5.41 Å². The van der Waals surface area contributed by atoms with Crippen molar-refractivity contribution in [3.63, 3.8) is 0 Å². The summed E-state index contributed by atoms with van der Waals surface area (Å²) >= 11 is 0. The van der Waals surface area contributed by atoms with Crippen molar-refractivity contribution in [2.45, 2.75) is 0 Å². The minimum atomic E-state index is -3.90. The zero-order valence-corrected chi connectivity index (χ0v) is 3.77. The van der Waals surface area contributed by atoms with Crippen LogP contribution in [0.15, 0.2) is 12.0 Å². The molecule has 0 aliphatic rings. The summed E-state index contributed by atoms with van der Waals surface area (Å²) in [5.74, 6) is 0. The normalized spacial score (nSPS) is 9.29. The van der Waals surface area contributed by atoms with E-state index in [4.69, 9.17) is 4.55 Å². The van der Waals surface area contributed by atoms with E-state index < -0.39 is 10.1 Å². The first-order chi connectivity index (χ1) is 2.56. The van der Waals surface area contributed by atoms with Gasteiger partial charge >= 0.3 is 0 Å². The quantitative estimate of drug-likeness (QED) is 0.367. The molecule has 0 saturated heterocycles. The average molecular weight is 138 g/mol. The van der Waals surface area contributed by atoms with E-state index in [9.17, 15) is 8.42 Å². The summed E-state index contributed by atoms with van der Waals surface area (Å²) in [6.45, 7) is 2.79. The molecule has 42 valence electrons. The van der Waals surface area contributed by atoms with Gasteiger partial charge in [0.25, 0.3) is 10.1 Å². The second-order valence-electron chi connectivity index (χ2n) is 0.682. The molecule has 0 rings (SSSR count). The molecule has 0 bridgehead atoms. The van der Waals surface area contributed by atoms with Crippen LogP contribution in [-0.2, 0) is 10.1 Å². The van der Waals surface area contributed by atoms with Crippen LogP contribution in [-0.4, -0.2) is 30.3 Å². The smallest absolute Gasteiger partial charge is 0.282 e. The molecule has 0 radical (unpaired) electrons. The van der Waals surface area contributed by atoms with E-state index in [2.05, 4.69) is 6.58 Å². The van der Waals surface area contributed by atoms with Gasteiger partial charge in [0.1, 0.15) is 0 Å². The summed E-state index contributed by atoms with van der Waals surface area (Å²) in [4.78, 5) is 0. The molecule has 0 aromatic heterocycles. The van der Waals surface area contributed by atoms with E-state index >= 15 is 0 Å². The van der Waals surface area contributed by atoms with Crippen molar-refractivity contribution < 1.29 is 13.0 Å². The lowest BCUT2D eigenvalue weighted by molar-refractivity contribution is 0.494. The Labute approximate surface area is 52.9 Å². The third kappa shape index (κ3) is 10.7. The molecule has 3 nitrogen and oxygen atoms in total. The Hall–Kier alpha value is 0.182. The maximum Gasteiger partial charge on any atom is 0.287 e. The molecule has 0 unspecified atom stereocenters. The summed E-state index contributed by atoms with van der Waals surface area (Å²) in [5.41, 5.74) is 0. The van der Waals surface area contributed by atoms with Crippen molar-refractivity contribution in [3.05, 3.63) is 12.0 Å². The zero-order valence-electron chi connectivity index (χ0n) is 2.96. The summed E-state index contributed by atoms with van der Waals surface area (Å²) in [5, 5.41) is 0.465. The molecule has 0 heterocycles. The van der Waals surface area contributed by atoms with Gasteiger partial charge in [0.2, 0.25) is 0 Å². The third-order valence-corrected chi connectivity index (χ3v) is 0.632. The lowest BCUT2D eigenvalue weighted by Crippen LogP contribution is -1.86. The molecule has 0 saturated carbocycles. The fourth-order valence-electron chi connectivity index (χ4n) is 0. The molecule has 0 aromatic rings. The lowest BCUT2D eigenvalue weighted by atomic mass is 11.3. The first-order valence-electron chi connectivity index (χ1n) is 1.16. The Morgan fingerprint density at radius 1 is 1.57 bits per heavy atom. The van der Waals surface area contributed by atoms with E-state index in [-0.39, 0.29) is 17.4 Å². The molecular weight excluding hydrogens is 131 g/mol. The second-order valence-corrected chi connectivity index (χ2v) is 2.04.